The number of aromatic amines is 1. The van der Waals surface area contributed by atoms with Gasteiger partial charge in [0, 0.05) is 47.5 Å². The molecule has 0 aliphatic heterocycles. The molecule has 1 aliphatic rings. The van der Waals surface area contributed by atoms with E-state index in [0.717, 1.165) is 25.5 Å². The molecule has 0 saturated heterocycles. The number of aromatic nitrogens is 5. The zero-order chi connectivity index (χ0) is 23.8. The van der Waals surface area contributed by atoms with Crippen molar-refractivity contribution in [2.24, 2.45) is 7.05 Å². The highest BCUT2D eigenvalue weighted by molar-refractivity contribution is 6.31. The van der Waals surface area contributed by atoms with Gasteiger partial charge in [0.15, 0.2) is 17.5 Å². The van der Waals surface area contributed by atoms with E-state index in [0.29, 0.717) is 23.1 Å². The van der Waals surface area contributed by atoms with Crippen LogP contribution < -0.4 is 10.6 Å². The summed E-state index contributed by atoms with van der Waals surface area (Å²) in [5, 5.41) is 6.93. The molecule has 1 saturated carbocycles. The number of hydrogen-bond acceptors (Lipinski definition) is 5. The molecule has 1 amide bonds. The van der Waals surface area contributed by atoms with Gasteiger partial charge in [-0.25, -0.2) is 23.7 Å². The molecule has 5 rings (SSSR count). The monoisotopic (exact) mass is 485 g/mol. The second-order valence-corrected chi connectivity index (χ2v) is 8.94. The molecule has 11 heteroatoms. The van der Waals surface area contributed by atoms with Gasteiger partial charge < -0.3 is 20.2 Å². The maximum absolute atomic E-state index is 14.6. The number of nitrogens with one attached hydrogen (secondary N) is 3. The molecular formula is C23H22ClF2N7O. The standard InChI is InChI=1S/C23H22ClF2N7O/c1-33-10-19(29-11-33)23(34)31-14-4-2-3-13(7-14)30-22-18(26)9-28-21(32-22)16-8-27-20-15(16)5-12(24)6-17(20)25/h5-6,8-11,13-14,27H,2-4,7H2,1H3,(H,31,34)(H,28,30,32)/t13-,14+/m0/s1. The largest absolute Gasteiger partial charge is 0.365 e. The van der Waals surface area contributed by atoms with Crippen LogP contribution in [0.1, 0.15) is 36.2 Å². The molecule has 3 heterocycles. The predicted molar refractivity (Wildman–Crippen MR) is 125 cm³/mol. The average Bonchev–Trinajstić information content (AvgIpc) is 3.42. The number of carbonyl (C=O) groups is 1. The minimum atomic E-state index is -0.590. The Morgan fingerprint density at radius 2 is 2.03 bits per heavy atom. The van der Waals surface area contributed by atoms with Crippen molar-refractivity contribution < 1.29 is 13.6 Å². The van der Waals surface area contributed by atoms with Crippen molar-refractivity contribution in [2.75, 3.05) is 5.32 Å². The average molecular weight is 486 g/mol. The third kappa shape index (κ3) is 4.45. The molecule has 8 nitrogen and oxygen atoms in total. The van der Waals surface area contributed by atoms with E-state index in [2.05, 4.69) is 30.6 Å². The number of amides is 1. The zero-order valence-electron chi connectivity index (χ0n) is 18.3. The molecule has 2 atom stereocenters. The minimum Gasteiger partial charge on any atom is -0.365 e. The first-order chi connectivity index (χ1) is 16.4. The number of aryl methyl sites for hydroxylation is 1. The Hall–Kier alpha value is -3.53. The Balaban J connectivity index is 1.33. The molecular weight excluding hydrogens is 464 g/mol. The molecule has 0 spiro atoms. The molecule has 3 N–H and O–H groups in total. The summed E-state index contributed by atoms with van der Waals surface area (Å²) in [5.41, 5.74) is 1.16. The topological polar surface area (TPSA) is 101 Å². The van der Waals surface area contributed by atoms with Crippen molar-refractivity contribution in [3.8, 4) is 11.4 Å². The lowest BCUT2D eigenvalue weighted by molar-refractivity contribution is 0.0921. The van der Waals surface area contributed by atoms with Crippen LogP contribution in [0.5, 0.6) is 0 Å². The van der Waals surface area contributed by atoms with Gasteiger partial charge in [-0.3, -0.25) is 4.79 Å². The van der Waals surface area contributed by atoms with E-state index in [4.69, 9.17) is 11.6 Å². The number of H-pyrrole nitrogens is 1. The maximum atomic E-state index is 14.6. The highest BCUT2D eigenvalue weighted by atomic mass is 35.5. The molecule has 1 aliphatic carbocycles. The molecule has 176 valence electrons. The van der Waals surface area contributed by atoms with Crippen molar-refractivity contribution in [1.29, 1.82) is 0 Å². The summed E-state index contributed by atoms with van der Waals surface area (Å²) in [6, 6.07) is 2.68. The van der Waals surface area contributed by atoms with Gasteiger partial charge in [-0.05, 0) is 37.8 Å². The van der Waals surface area contributed by atoms with Gasteiger partial charge in [0.25, 0.3) is 5.91 Å². The summed E-state index contributed by atoms with van der Waals surface area (Å²) in [6.07, 6.45) is 9.02. The smallest absolute Gasteiger partial charge is 0.271 e. The van der Waals surface area contributed by atoms with Crippen molar-refractivity contribution in [2.45, 2.75) is 37.8 Å². The first kappa shape index (κ1) is 22.3. The number of anilines is 1. The van der Waals surface area contributed by atoms with Gasteiger partial charge in [0.05, 0.1) is 18.0 Å². The Kier molecular flexibility index (Phi) is 5.91. The van der Waals surface area contributed by atoms with Crippen LogP contribution in [0.25, 0.3) is 22.3 Å². The quantitative estimate of drug-likeness (QED) is 0.388. The van der Waals surface area contributed by atoms with E-state index in [1.807, 2.05) is 0 Å². The van der Waals surface area contributed by atoms with E-state index in [1.54, 1.807) is 36.4 Å². The fourth-order valence-electron chi connectivity index (χ4n) is 4.37. The Labute approximate surface area is 198 Å². The fourth-order valence-corrected chi connectivity index (χ4v) is 4.58. The van der Waals surface area contributed by atoms with Crippen LogP contribution >= 0.6 is 11.6 Å². The molecule has 3 aromatic heterocycles. The normalized spacial score (nSPS) is 18.2. The summed E-state index contributed by atoms with van der Waals surface area (Å²) in [6.45, 7) is 0. The Morgan fingerprint density at radius 3 is 2.82 bits per heavy atom. The number of fused-ring (bicyclic) bond motifs is 1. The van der Waals surface area contributed by atoms with Gasteiger partial charge >= 0.3 is 0 Å². The summed E-state index contributed by atoms with van der Waals surface area (Å²) >= 11 is 6.01. The molecule has 1 fully saturated rings. The fraction of sp³-hybridized carbons (Fsp3) is 0.304. The minimum absolute atomic E-state index is 0.0588. The molecule has 0 bridgehead atoms. The van der Waals surface area contributed by atoms with E-state index >= 15 is 0 Å². The van der Waals surface area contributed by atoms with Crippen LogP contribution in [-0.4, -0.2) is 42.5 Å². The molecule has 4 aromatic rings. The van der Waals surface area contributed by atoms with Gasteiger partial charge in [-0.15, -0.1) is 0 Å². The van der Waals surface area contributed by atoms with Crippen molar-refractivity contribution >= 4 is 34.2 Å². The van der Waals surface area contributed by atoms with Gasteiger partial charge in [0.1, 0.15) is 11.5 Å². The van der Waals surface area contributed by atoms with Crippen LogP contribution in [0.2, 0.25) is 5.02 Å². The van der Waals surface area contributed by atoms with E-state index in [1.165, 1.54) is 6.07 Å². The lowest BCUT2D eigenvalue weighted by Crippen LogP contribution is -2.42. The Morgan fingerprint density at radius 1 is 1.21 bits per heavy atom. The Bertz CT molecular complexity index is 1370. The summed E-state index contributed by atoms with van der Waals surface area (Å²) in [7, 11) is 1.80. The van der Waals surface area contributed by atoms with Gasteiger partial charge in [0.2, 0.25) is 0 Å². The second kappa shape index (κ2) is 9.02. The predicted octanol–water partition coefficient (Wildman–Crippen LogP) is 4.44. The van der Waals surface area contributed by atoms with Gasteiger partial charge in [-0.2, -0.15) is 0 Å². The first-order valence-electron chi connectivity index (χ1n) is 10.9. The van der Waals surface area contributed by atoms with E-state index < -0.39 is 11.6 Å². The van der Waals surface area contributed by atoms with Crippen LogP contribution in [0.4, 0.5) is 14.6 Å². The number of imidazole rings is 1. The molecule has 34 heavy (non-hydrogen) atoms. The highest BCUT2D eigenvalue weighted by Gasteiger charge is 2.25. The molecule has 1 aromatic carbocycles. The third-order valence-electron chi connectivity index (χ3n) is 5.98. The molecule has 0 unspecified atom stereocenters. The van der Waals surface area contributed by atoms with Crippen LogP contribution in [0, 0.1) is 11.6 Å². The number of nitrogens with zero attached hydrogens (tertiary/aromatic N) is 4. The number of halogens is 3. The highest BCUT2D eigenvalue weighted by Crippen LogP contribution is 2.31. The van der Waals surface area contributed by atoms with Crippen LogP contribution in [-0.2, 0) is 7.05 Å². The summed E-state index contributed by atoms with van der Waals surface area (Å²) in [4.78, 5) is 27.9. The third-order valence-corrected chi connectivity index (χ3v) is 6.20. The van der Waals surface area contributed by atoms with Crippen LogP contribution in [0.3, 0.4) is 0 Å². The number of rotatable bonds is 5. The first-order valence-corrected chi connectivity index (χ1v) is 11.3. The van der Waals surface area contributed by atoms with Gasteiger partial charge in [-0.1, -0.05) is 11.6 Å². The van der Waals surface area contributed by atoms with E-state index in [-0.39, 0.29) is 40.2 Å². The van der Waals surface area contributed by atoms with Crippen molar-refractivity contribution in [3.05, 3.63) is 59.4 Å². The number of benzene rings is 1. The number of hydrogen-bond donors (Lipinski definition) is 3. The molecule has 0 radical (unpaired) electrons. The summed E-state index contributed by atoms with van der Waals surface area (Å²) < 4.78 is 30.5. The number of carbonyl (C=O) groups excluding carboxylic acids is 1. The lowest BCUT2D eigenvalue weighted by atomic mass is 9.91. The summed E-state index contributed by atoms with van der Waals surface area (Å²) in [5.74, 6) is -1.01. The SMILES string of the molecule is Cn1cnc(C(=O)N[C@@H]2CCC[C@H](Nc3nc(-c4c[nH]c5c(F)cc(Cl)cc45)ncc3F)C2)c1. The second-order valence-electron chi connectivity index (χ2n) is 8.51. The lowest BCUT2D eigenvalue weighted by Gasteiger charge is -2.30. The maximum Gasteiger partial charge on any atom is 0.271 e. The zero-order valence-corrected chi connectivity index (χ0v) is 19.0. The van der Waals surface area contributed by atoms with E-state index in [9.17, 15) is 13.6 Å². The van der Waals surface area contributed by atoms with Crippen LogP contribution in [0.15, 0.2) is 37.1 Å². The van der Waals surface area contributed by atoms with Crippen molar-refractivity contribution in [1.82, 2.24) is 29.8 Å². The van der Waals surface area contributed by atoms with Crippen molar-refractivity contribution in [3.63, 3.8) is 0 Å².